The van der Waals surface area contributed by atoms with E-state index in [-0.39, 0.29) is 5.63 Å². The molecule has 0 amide bonds. The van der Waals surface area contributed by atoms with Crippen LogP contribution in [0.2, 0.25) is 0 Å². The number of ether oxygens (including phenoxy) is 1. The zero-order chi connectivity index (χ0) is 24.2. The van der Waals surface area contributed by atoms with Crippen molar-refractivity contribution in [2.24, 2.45) is 0 Å². The van der Waals surface area contributed by atoms with E-state index in [2.05, 4.69) is 26.9 Å². The Morgan fingerprint density at radius 3 is 2.60 bits per heavy atom. The fourth-order valence-electron chi connectivity index (χ4n) is 4.11. The number of rotatable bonds is 8. The zero-order valence-electron chi connectivity index (χ0n) is 19.6. The van der Waals surface area contributed by atoms with E-state index in [0.717, 1.165) is 45.2 Å². The van der Waals surface area contributed by atoms with Crippen molar-refractivity contribution in [1.82, 2.24) is 14.8 Å². The van der Waals surface area contributed by atoms with Crippen LogP contribution < -0.4 is 10.4 Å². The molecule has 2 heterocycles. The first kappa shape index (κ1) is 22.9. The quantitative estimate of drug-likeness (QED) is 0.202. The smallest absolute Gasteiger partial charge is 0.336 e. The van der Waals surface area contributed by atoms with E-state index in [1.54, 1.807) is 24.9 Å². The number of thioether (sulfide) groups is 1. The molecule has 0 aliphatic carbocycles. The summed E-state index contributed by atoms with van der Waals surface area (Å²) in [5.74, 6) is 2.08. The average molecular weight is 484 g/mol. The molecule has 0 N–H and O–H groups in total. The summed E-state index contributed by atoms with van der Waals surface area (Å²) in [6.45, 7) is 2.69. The van der Waals surface area contributed by atoms with Crippen LogP contribution in [0.25, 0.3) is 22.4 Å². The molecule has 0 aliphatic heterocycles. The Hall–Kier alpha value is -3.84. The van der Waals surface area contributed by atoms with Crippen LogP contribution in [0.1, 0.15) is 16.7 Å². The van der Waals surface area contributed by atoms with Gasteiger partial charge in [0.2, 0.25) is 0 Å². The van der Waals surface area contributed by atoms with Crippen LogP contribution in [-0.2, 0) is 18.7 Å². The van der Waals surface area contributed by atoms with E-state index in [1.165, 1.54) is 5.56 Å². The molecule has 0 fully saturated rings. The first-order chi connectivity index (χ1) is 17.1. The highest BCUT2D eigenvalue weighted by molar-refractivity contribution is 7.98. The maximum Gasteiger partial charge on any atom is 0.336 e. The molecule has 5 aromatic rings. The molecule has 0 aliphatic rings. The predicted molar refractivity (Wildman–Crippen MR) is 139 cm³/mol. The van der Waals surface area contributed by atoms with Crippen LogP contribution in [0, 0.1) is 6.92 Å². The predicted octanol–water partition coefficient (Wildman–Crippen LogP) is 5.90. The molecule has 0 bridgehead atoms. The van der Waals surface area contributed by atoms with Gasteiger partial charge in [-0.25, -0.2) is 4.79 Å². The molecule has 0 radical (unpaired) electrons. The fourth-order valence-corrected chi connectivity index (χ4v) is 5.07. The molecule has 2 aromatic heterocycles. The van der Waals surface area contributed by atoms with E-state index in [1.807, 2.05) is 67.6 Å². The summed E-state index contributed by atoms with van der Waals surface area (Å²) < 4.78 is 13.1. The van der Waals surface area contributed by atoms with Gasteiger partial charge < -0.3 is 13.7 Å². The van der Waals surface area contributed by atoms with Crippen molar-refractivity contribution in [2.75, 3.05) is 7.11 Å². The van der Waals surface area contributed by atoms with Gasteiger partial charge in [-0.3, -0.25) is 0 Å². The second kappa shape index (κ2) is 10.2. The van der Waals surface area contributed by atoms with Crippen LogP contribution >= 0.6 is 11.8 Å². The van der Waals surface area contributed by atoms with E-state index < -0.39 is 0 Å². The number of hydrogen-bond acceptors (Lipinski definition) is 6. The number of hydrogen-bond donors (Lipinski definition) is 0. The highest BCUT2D eigenvalue weighted by atomic mass is 32.2. The number of benzene rings is 3. The molecular formula is C28H25N3O3S. The minimum Gasteiger partial charge on any atom is -0.496 e. The normalized spacial score (nSPS) is 11.1. The van der Waals surface area contributed by atoms with Gasteiger partial charge in [0.05, 0.1) is 12.7 Å². The average Bonchev–Trinajstić information content (AvgIpc) is 3.28. The number of methoxy groups -OCH3 is 1. The van der Waals surface area contributed by atoms with Crippen molar-refractivity contribution in [3.63, 3.8) is 0 Å². The van der Waals surface area contributed by atoms with Crippen molar-refractivity contribution in [2.45, 2.75) is 30.8 Å². The summed E-state index contributed by atoms with van der Waals surface area (Å²) >= 11 is 1.56. The van der Waals surface area contributed by atoms with Gasteiger partial charge in [0.25, 0.3) is 0 Å². The summed E-state index contributed by atoms with van der Waals surface area (Å²) in [5.41, 5.74) is 4.35. The molecule has 0 unspecified atom stereocenters. The number of para-hydroxylation sites is 1. The molecule has 0 saturated carbocycles. The van der Waals surface area contributed by atoms with E-state index in [0.29, 0.717) is 17.9 Å². The maximum atomic E-state index is 12.2. The lowest BCUT2D eigenvalue weighted by Gasteiger charge is -2.13. The van der Waals surface area contributed by atoms with Gasteiger partial charge in [0, 0.05) is 23.8 Å². The molecular weight excluding hydrogens is 458 g/mol. The number of aryl methyl sites for hydroxylation is 2. The van der Waals surface area contributed by atoms with Crippen LogP contribution in [0.4, 0.5) is 0 Å². The van der Waals surface area contributed by atoms with Gasteiger partial charge in [-0.15, -0.1) is 10.2 Å². The van der Waals surface area contributed by atoms with E-state index in [9.17, 15) is 4.79 Å². The topological polar surface area (TPSA) is 70.2 Å². The molecule has 5 rings (SSSR count). The van der Waals surface area contributed by atoms with Crippen LogP contribution in [0.3, 0.4) is 0 Å². The molecule has 0 atom stereocenters. The van der Waals surface area contributed by atoms with Crippen molar-refractivity contribution in [1.29, 1.82) is 0 Å². The molecule has 176 valence electrons. The summed E-state index contributed by atoms with van der Waals surface area (Å²) in [7, 11) is 1.66. The first-order valence-corrected chi connectivity index (χ1v) is 12.4. The lowest BCUT2D eigenvalue weighted by Crippen LogP contribution is -2.06. The van der Waals surface area contributed by atoms with Crippen molar-refractivity contribution >= 4 is 22.7 Å². The minimum absolute atomic E-state index is 0.348. The second-order valence-corrected chi connectivity index (χ2v) is 9.22. The summed E-state index contributed by atoms with van der Waals surface area (Å²) in [6.07, 6.45) is 0.839. The molecule has 0 saturated heterocycles. The van der Waals surface area contributed by atoms with Crippen molar-refractivity contribution in [3.8, 4) is 17.1 Å². The van der Waals surface area contributed by atoms with Crippen LogP contribution in [-0.4, -0.2) is 21.9 Å². The SMILES string of the molecule is COc1ccccc1-c1nnc(SCc2cc(=O)oc3cc(C)ccc23)n1CCc1ccccc1. The van der Waals surface area contributed by atoms with Gasteiger partial charge in [-0.1, -0.05) is 66.4 Å². The van der Waals surface area contributed by atoms with Gasteiger partial charge in [0.1, 0.15) is 11.3 Å². The molecule has 35 heavy (non-hydrogen) atoms. The van der Waals surface area contributed by atoms with Gasteiger partial charge >= 0.3 is 5.63 Å². The van der Waals surface area contributed by atoms with Gasteiger partial charge in [-0.05, 0) is 48.2 Å². The second-order valence-electron chi connectivity index (χ2n) is 8.27. The standard InChI is InChI=1S/C28H25N3O3S/c1-19-12-13-22-21(17-26(32)34-25(22)16-19)18-35-28-30-29-27(23-10-6-7-11-24(23)33-2)31(28)15-14-20-8-4-3-5-9-20/h3-13,16-17H,14-15,18H2,1-2H3. The van der Waals surface area contributed by atoms with E-state index >= 15 is 0 Å². The Bertz CT molecular complexity index is 1530. The van der Waals surface area contributed by atoms with Gasteiger partial charge in [0.15, 0.2) is 11.0 Å². The summed E-state index contributed by atoms with van der Waals surface area (Å²) in [6, 6.07) is 25.7. The van der Waals surface area contributed by atoms with Crippen LogP contribution in [0.15, 0.2) is 93.2 Å². The largest absolute Gasteiger partial charge is 0.496 e. The zero-order valence-corrected chi connectivity index (χ0v) is 20.4. The van der Waals surface area contributed by atoms with Gasteiger partial charge in [-0.2, -0.15) is 0 Å². The first-order valence-electron chi connectivity index (χ1n) is 11.4. The monoisotopic (exact) mass is 483 g/mol. The number of nitrogens with zero attached hydrogens (tertiary/aromatic N) is 3. The Labute approximate surface area is 207 Å². The van der Waals surface area contributed by atoms with Crippen LogP contribution in [0.5, 0.6) is 5.75 Å². The number of fused-ring (bicyclic) bond motifs is 1. The Balaban J connectivity index is 1.50. The third-order valence-corrected chi connectivity index (χ3v) is 6.89. The molecule has 7 heteroatoms. The lowest BCUT2D eigenvalue weighted by atomic mass is 10.1. The van der Waals surface area contributed by atoms with Crippen molar-refractivity contribution in [3.05, 3.63) is 106 Å². The summed E-state index contributed by atoms with van der Waals surface area (Å²) in [4.78, 5) is 12.2. The Morgan fingerprint density at radius 2 is 1.77 bits per heavy atom. The molecule has 0 spiro atoms. The lowest BCUT2D eigenvalue weighted by molar-refractivity contribution is 0.415. The molecule has 6 nitrogen and oxygen atoms in total. The highest BCUT2D eigenvalue weighted by Crippen LogP contribution is 2.33. The third kappa shape index (κ3) is 5.00. The molecule has 3 aromatic carbocycles. The fraction of sp³-hybridized carbons (Fsp3) is 0.179. The Kier molecular flexibility index (Phi) is 6.68. The highest BCUT2D eigenvalue weighted by Gasteiger charge is 2.18. The minimum atomic E-state index is -0.348. The van der Waals surface area contributed by atoms with Crippen molar-refractivity contribution < 1.29 is 9.15 Å². The summed E-state index contributed by atoms with van der Waals surface area (Å²) in [5, 5.41) is 10.8. The maximum absolute atomic E-state index is 12.2. The number of aromatic nitrogens is 3. The van der Waals surface area contributed by atoms with E-state index in [4.69, 9.17) is 9.15 Å². The third-order valence-electron chi connectivity index (χ3n) is 5.87. The Morgan fingerprint density at radius 1 is 0.971 bits per heavy atom.